The summed E-state index contributed by atoms with van der Waals surface area (Å²) in [5.41, 5.74) is 0. The Hall–Kier alpha value is 0.748. The monoisotopic (exact) mass is 280 g/mol. The van der Waals surface area contributed by atoms with Crippen molar-refractivity contribution in [3.8, 4) is 0 Å². The molecule has 0 bridgehead atoms. The minimum absolute atomic E-state index is 0.498. The highest BCUT2D eigenvalue weighted by Gasteiger charge is 2.38. The molecule has 3 nitrogen and oxygen atoms in total. The van der Waals surface area contributed by atoms with Crippen molar-refractivity contribution in [3.63, 3.8) is 0 Å². The fourth-order valence-electron chi connectivity index (χ4n) is 1.62. The minimum atomic E-state index is -2.01. The first-order chi connectivity index (χ1) is 6.47. The van der Waals surface area contributed by atoms with Gasteiger partial charge in [0.15, 0.2) is 8.32 Å². The van der Waals surface area contributed by atoms with Gasteiger partial charge in [-0.15, -0.1) is 0 Å². The lowest BCUT2D eigenvalue weighted by Gasteiger charge is -2.36. The van der Waals surface area contributed by atoms with Crippen LogP contribution in [-0.4, -0.2) is 35.2 Å². The van der Waals surface area contributed by atoms with Crippen molar-refractivity contribution in [3.05, 3.63) is 0 Å². The van der Waals surface area contributed by atoms with Crippen LogP contribution in [-0.2, 0) is 12.3 Å². The van der Waals surface area contributed by atoms with E-state index < -0.39 is 25.4 Å². The zero-order chi connectivity index (χ0) is 12.3. The molecule has 0 N–H and O–H groups in total. The lowest BCUT2D eigenvalue weighted by molar-refractivity contribution is 0.339. The van der Waals surface area contributed by atoms with Gasteiger partial charge in [0.1, 0.15) is 0 Å². The molecule has 0 aromatic carbocycles. The molecule has 0 saturated carbocycles. The summed E-state index contributed by atoms with van der Waals surface area (Å²) >= 11 is 0. The van der Waals surface area contributed by atoms with E-state index in [9.17, 15) is 0 Å². The standard InChI is InChI=1S/C8H24O3Si4/c1-12-9-14(5,6)11-15(7,8)10-13(2,3)4/h1-8H3. The zero-order valence-corrected chi connectivity index (χ0v) is 15.2. The van der Waals surface area contributed by atoms with Gasteiger partial charge in [-0.05, 0) is 52.4 Å². The van der Waals surface area contributed by atoms with Crippen LogP contribution in [0.1, 0.15) is 0 Å². The first-order valence-electron chi connectivity index (χ1n) is 5.22. The van der Waals surface area contributed by atoms with E-state index in [0.29, 0.717) is 9.76 Å². The summed E-state index contributed by atoms with van der Waals surface area (Å²) in [6.07, 6.45) is 0. The molecule has 15 heavy (non-hydrogen) atoms. The first kappa shape index (κ1) is 15.7. The molecule has 0 unspecified atom stereocenters. The lowest BCUT2D eigenvalue weighted by atomic mass is 11.8. The maximum absolute atomic E-state index is 6.12. The Morgan fingerprint density at radius 3 is 1.53 bits per heavy atom. The van der Waals surface area contributed by atoms with Gasteiger partial charge in [0.05, 0.1) is 0 Å². The SMILES string of the molecule is C[Si]O[Si](C)(C)O[Si](C)(C)O[Si](C)(C)C. The van der Waals surface area contributed by atoms with Gasteiger partial charge >= 0.3 is 17.1 Å². The predicted octanol–water partition coefficient (Wildman–Crippen LogP) is 2.94. The van der Waals surface area contributed by atoms with E-state index >= 15 is 0 Å². The molecule has 0 aliphatic carbocycles. The quantitative estimate of drug-likeness (QED) is 0.700. The van der Waals surface area contributed by atoms with Crippen molar-refractivity contribution in [2.24, 2.45) is 0 Å². The molecular weight excluding hydrogens is 256 g/mol. The van der Waals surface area contributed by atoms with Crippen molar-refractivity contribution < 1.29 is 12.3 Å². The van der Waals surface area contributed by atoms with E-state index in [1.165, 1.54) is 0 Å². The number of hydrogen-bond donors (Lipinski definition) is 0. The van der Waals surface area contributed by atoms with Gasteiger partial charge in [-0.2, -0.15) is 0 Å². The van der Waals surface area contributed by atoms with Crippen LogP contribution in [0.25, 0.3) is 0 Å². The molecule has 0 spiro atoms. The summed E-state index contributed by atoms with van der Waals surface area (Å²) < 4.78 is 17.9. The highest BCUT2D eigenvalue weighted by molar-refractivity contribution is 6.86. The second kappa shape index (κ2) is 5.39. The average molecular weight is 281 g/mol. The second-order valence-corrected chi connectivity index (χ2v) is 18.1. The lowest BCUT2D eigenvalue weighted by Crippen LogP contribution is -2.52. The van der Waals surface area contributed by atoms with Gasteiger partial charge in [-0.3, -0.25) is 0 Å². The van der Waals surface area contributed by atoms with Crippen molar-refractivity contribution >= 4 is 35.2 Å². The molecule has 0 fully saturated rings. The Bertz CT molecular complexity index is 201. The number of rotatable bonds is 6. The van der Waals surface area contributed by atoms with Gasteiger partial charge in [-0.1, -0.05) is 0 Å². The Labute approximate surface area is 100 Å². The van der Waals surface area contributed by atoms with Crippen LogP contribution in [0.4, 0.5) is 0 Å². The van der Waals surface area contributed by atoms with E-state index in [1.54, 1.807) is 0 Å². The van der Waals surface area contributed by atoms with Gasteiger partial charge in [0, 0.05) is 0 Å². The summed E-state index contributed by atoms with van der Waals surface area (Å²) in [5, 5.41) is 0. The molecule has 90 valence electrons. The topological polar surface area (TPSA) is 27.7 Å². The molecule has 0 heterocycles. The molecule has 0 amide bonds. The smallest absolute Gasteiger partial charge is 0.312 e. The van der Waals surface area contributed by atoms with Gasteiger partial charge in [0.25, 0.3) is 0 Å². The second-order valence-electron chi connectivity index (χ2n) is 5.42. The fraction of sp³-hybridized carbons (Fsp3) is 1.00. The van der Waals surface area contributed by atoms with Crippen LogP contribution < -0.4 is 0 Å². The molecule has 0 aromatic heterocycles. The number of hydrogen-bond acceptors (Lipinski definition) is 3. The Morgan fingerprint density at radius 1 is 0.733 bits per heavy atom. The third-order valence-corrected chi connectivity index (χ3v) is 12.5. The third kappa shape index (κ3) is 8.54. The van der Waals surface area contributed by atoms with Crippen molar-refractivity contribution in [1.29, 1.82) is 0 Å². The van der Waals surface area contributed by atoms with Gasteiger partial charge < -0.3 is 12.3 Å². The maximum Gasteiger partial charge on any atom is 0.312 e. The molecule has 0 saturated heterocycles. The zero-order valence-electron chi connectivity index (χ0n) is 11.2. The van der Waals surface area contributed by atoms with E-state index in [1.807, 2.05) is 6.55 Å². The third-order valence-electron chi connectivity index (χ3n) is 1.39. The molecule has 0 aromatic rings. The highest BCUT2D eigenvalue weighted by atomic mass is 28.5. The van der Waals surface area contributed by atoms with E-state index in [0.717, 1.165) is 0 Å². The first-order valence-corrected chi connectivity index (χ1v) is 15.7. The Kier molecular flexibility index (Phi) is 5.65. The molecule has 0 rings (SSSR count). The summed E-state index contributed by atoms with van der Waals surface area (Å²) in [6, 6.07) is 0. The highest BCUT2D eigenvalue weighted by Crippen LogP contribution is 2.20. The predicted molar refractivity (Wildman–Crippen MR) is 73.2 cm³/mol. The van der Waals surface area contributed by atoms with Crippen molar-refractivity contribution in [2.75, 3.05) is 0 Å². The van der Waals surface area contributed by atoms with Crippen LogP contribution in [0.15, 0.2) is 0 Å². The van der Waals surface area contributed by atoms with E-state index in [4.69, 9.17) is 12.3 Å². The Morgan fingerprint density at radius 2 is 1.20 bits per heavy atom. The van der Waals surface area contributed by atoms with Gasteiger partial charge in [-0.25, -0.2) is 0 Å². The van der Waals surface area contributed by atoms with Crippen LogP contribution in [0.5, 0.6) is 0 Å². The summed E-state index contributed by atoms with van der Waals surface area (Å²) in [6.45, 7) is 17.0. The maximum atomic E-state index is 6.12. The fourth-order valence-corrected chi connectivity index (χ4v) is 15.3. The minimum Gasteiger partial charge on any atom is -0.437 e. The van der Waals surface area contributed by atoms with Crippen LogP contribution in [0.3, 0.4) is 0 Å². The van der Waals surface area contributed by atoms with Gasteiger partial charge in [0.2, 0.25) is 9.76 Å². The average Bonchev–Trinajstić information content (AvgIpc) is 1.74. The molecule has 0 atom stereocenters. The normalized spacial score (nSPS) is 14.4. The molecule has 7 heteroatoms. The van der Waals surface area contributed by atoms with E-state index in [2.05, 4.69) is 45.8 Å². The van der Waals surface area contributed by atoms with Crippen LogP contribution in [0.2, 0.25) is 52.4 Å². The van der Waals surface area contributed by atoms with Crippen LogP contribution in [0, 0.1) is 0 Å². The van der Waals surface area contributed by atoms with Crippen molar-refractivity contribution in [1.82, 2.24) is 0 Å². The summed E-state index contributed by atoms with van der Waals surface area (Å²) in [5.74, 6) is 0. The largest absolute Gasteiger partial charge is 0.437 e. The van der Waals surface area contributed by atoms with Crippen molar-refractivity contribution in [2.45, 2.75) is 52.4 Å². The van der Waals surface area contributed by atoms with E-state index in [-0.39, 0.29) is 0 Å². The molecule has 0 aliphatic heterocycles. The molecule has 2 radical (unpaired) electrons. The summed E-state index contributed by atoms with van der Waals surface area (Å²) in [7, 11) is -4.99. The van der Waals surface area contributed by atoms with Crippen LogP contribution >= 0.6 is 0 Å². The molecule has 0 aliphatic rings. The molecular formula is C8H24O3Si4. The Balaban J connectivity index is 4.36. The summed E-state index contributed by atoms with van der Waals surface area (Å²) in [4.78, 5) is 0.